The molecule has 43 heavy (non-hydrogen) atoms. The first-order valence-corrected chi connectivity index (χ1v) is 14.3. The van der Waals surface area contributed by atoms with E-state index in [-0.39, 0.29) is 45.7 Å². The van der Waals surface area contributed by atoms with Crippen LogP contribution in [0.25, 0.3) is 71.6 Å². The lowest BCUT2D eigenvalue weighted by atomic mass is 9.85. The fourth-order valence-electron chi connectivity index (χ4n) is 6.09. The van der Waals surface area contributed by atoms with Gasteiger partial charge in [-0.05, 0) is 85.3 Å². The Morgan fingerprint density at radius 1 is 0.558 bits per heavy atom. The highest BCUT2D eigenvalue weighted by atomic mass is 15.1. The summed E-state index contributed by atoms with van der Waals surface area (Å²) in [6.45, 7) is 2.03. The van der Waals surface area contributed by atoms with Crippen molar-refractivity contribution < 1.29 is 11.0 Å². The molecule has 0 bridgehead atoms. The molecule has 2 heteroatoms. The molecule has 7 aromatic carbocycles. The van der Waals surface area contributed by atoms with Crippen molar-refractivity contribution >= 4 is 32.6 Å². The Morgan fingerprint density at radius 3 is 1.74 bits per heavy atom. The van der Waals surface area contributed by atoms with Gasteiger partial charge in [-0.2, -0.15) is 0 Å². The maximum absolute atomic E-state index is 9.31. The van der Waals surface area contributed by atoms with Gasteiger partial charge in [0.2, 0.25) is 0 Å². The molecule has 0 spiro atoms. The zero-order valence-electron chi connectivity index (χ0n) is 31.4. The maximum atomic E-state index is 9.31. The van der Waals surface area contributed by atoms with Crippen LogP contribution in [0.2, 0.25) is 0 Å². The average molecular weight is 559 g/mol. The number of benzene rings is 7. The van der Waals surface area contributed by atoms with Crippen LogP contribution < -0.4 is 0 Å². The van der Waals surface area contributed by atoms with E-state index in [9.17, 15) is 5.48 Å². The van der Waals surface area contributed by atoms with E-state index in [1.165, 1.54) is 0 Å². The molecule has 2 nitrogen and oxygen atoms in total. The fourth-order valence-corrected chi connectivity index (χ4v) is 6.09. The van der Waals surface area contributed by atoms with Crippen molar-refractivity contribution in [3.8, 4) is 39.1 Å². The number of imidazole rings is 1. The van der Waals surface area contributed by atoms with Gasteiger partial charge in [-0.3, -0.25) is 4.57 Å². The van der Waals surface area contributed by atoms with Gasteiger partial charge >= 0.3 is 0 Å². The first kappa shape index (κ1) is 18.1. The quantitative estimate of drug-likeness (QED) is 0.192. The van der Waals surface area contributed by atoms with Gasteiger partial charge in [0.1, 0.15) is 5.82 Å². The number of aryl methyl sites for hydroxylation is 1. The second-order valence-corrected chi connectivity index (χ2v) is 10.5. The summed E-state index contributed by atoms with van der Waals surface area (Å²) in [7, 11) is 0. The Bertz CT molecular complexity index is 2640. The molecule has 0 amide bonds. The second kappa shape index (κ2) is 10.4. The number of rotatable bonds is 5. The van der Waals surface area contributed by atoms with E-state index in [4.69, 9.17) is 10.5 Å². The summed E-state index contributed by atoms with van der Waals surface area (Å²) in [5, 5.41) is 0.738. The first-order valence-electron chi connectivity index (χ1n) is 18.3. The van der Waals surface area contributed by atoms with E-state index in [1.54, 1.807) is 0 Å². The molecule has 0 aliphatic carbocycles. The van der Waals surface area contributed by atoms with Gasteiger partial charge in [0.05, 0.1) is 22.0 Å². The average Bonchev–Trinajstić information content (AvgIpc) is 3.56. The molecule has 0 atom stereocenters. The smallest absolute Gasteiger partial charge is 0.114 e. The second-order valence-electron chi connectivity index (χ2n) is 10.5. The normalized spacial score (nSPS) is 14.1. The monoisotopic (exact) mass is 558 g/mol. The first-order chi connectivity index (χ1) is 24.6. The molecule has 1 aromatic heterocycles. The minimum atomic E-state index is -0.428. The topological polar surface area (TPSA) is 17.8 Å². The Balaban J connectivity index is 1.57. The predicted molar refractivity (Wildman–Crippen MR) is 182 cm³/mol. The molecule has 204 valence electrons. The summed E-state index contributed by atoms with van der Waals surface area (Å²) >= 11 is 0. The minimum absolute atomic E-state index is 0.182. The van der Waals surface area contributed by atoms with Gasteiger partial charge in [0.25, 0.3) is 0 Å². The molecular formula is C41H30N2. The van der Waals surface area contributed by atoms with Crippen molar-refractivity contribution in [2.24, 2.45) is 0 Å². The van der Waals surface area contributed by atoms with Crippen LogP contribution in [0.5, 0.6) is 0 Å². The van der Waals surface area contributed by atoms with Crippen LogP contribution in [0.3, 0.4) is 0 Å². The number of para-hydroxylation sites is 2. The molecule has 0 unspecified atom stereocenters. The molecular weight excluding hydrogens is 520 g/mol. The predicted octanol–water partition coefficient (Wildman–Crippen LogP) is 10.9. The lowest BCUT2D eigenvalue weighted by Gasteiger charge is -2.19. The zero-order chi connectivity index (χ0) is 35.7. The molecule has 1 heterocycles. The highest BCUT2D eigenvalue weighted by molar-refractivity contribution is 6.21. The van der Waals surface area contributed by atoms with Crippen molar-refractivity contribution in [2.75, 3.05) is 0 Å². The molecule has 0 aliphatic heterocycles. The third-order valence-electron chi connectivity index (χ3n) is 7.97. The summed E-state index contributed by atoms with van der Waals surface area (Å²) in [4.78, 5) is 4.84. The largest absolute Gasteiger partial charge is 0.296 e. The standard InChI is InChI=1S/C41H30N2/c1-2-39-42-37-24-10-11-25-38(37)43(39)32-19-13-18-31(27-32)41-35-22-8-6-20-33(35)40(34-21-7-9-23-36(34)41)30-17-12-16-29(26-30)28-14-4-3-5-15-28/h3-27H,2H2,1H3/i6D,7D,8D,9D,20D,21D,22D,23D. The van der Waals surface area contributed by atoms with E-state index < -0.39 is 24.2 Å². The molecule has 0 saturated heterocycles. The summed E-state index contributed by atoms with van der Waals surface area (Å²) < 4.78 is 74.3. The summed E-state index contributed by atoms with van der Waals surface area (Å²) in [5.41, 5.74) is 6.04. The molecule has 0 N–H and O–H groups in total. The third-order valence-corrected chi connectivity index (χ3v) is 7.97. The molecule has 0 saturated carbocycles. The van der Waals surface area contributed by atoms with E-state index >= 15 is 0 Å². The molecule has 0 aliphatic rings. The van der Waals surface area contributed by atoms with Gasteiger partial charge in [0, 0.05) is 12.1 Å². The van der Waals surface area contributed by atoms with Crippen LogP contribution in [0.4, 0.5) is 0 Å². The third kappa shape index (κ3) is 4.23. The Hall–Kier alpha value is -5.47. The van der Waals surface area contributed by atoms with E-state index in [2.05, 4.69) is 4.57 Å². The van der Waals surface area contributed by atoms with Crippen molar-refractivity contribution in [1.29, 1.82) is 0 Å². The van der Waals surface area contributed by atoms with Crippen molar-refractivity contribution in [3.63, 3.8) is 0 Å². The van der Waals surface area contributed by atoms with E-state index in [0.29, 0.717) is 28.7 Å². The highest BCUT2D eigenvalue weighted by Gasteiger charge is 2.18. The number of hydrogen-bond donors (Lipinski definition) is 0. The van der Waals surface area contributed by atoms with Crippen molar-refractivity contribution in [1.82, 2.24) is 9.55 Å². The SMILES string of the molecule is [2H]c1c([2H])c([2H])c2c(-c3cccc(-n4c(CC)nc5ccccc54)c3)c3c([2H])c([2H])c([2H])c([2H])c3c(-c3cccc(-c4ccccc4)c3)c2c1[2H]. The molecule has 0 fully saturated rings. The lowest BCUT2D eigenvalue weighted by Crippen LogP contribution is -2.00. The van der Waals surface area contributed by atoms with Gasteiger partial charge < -0.3 is 0 Å². The maximum Gasteiger partial charge on any atom is 0.114 e. The Morgan fingerprint density at radius 2 is 1.09 bits per heavy atom. The Kier molecular flexibility index (Phi) is 4.40. The van der Waals surface area contributed by atoms with Crippen LogP contribution in [-0.2, 0) is 6.42 Å². The number of fused-ring (bicyclic) bond motifs is 3. The van der Waals surface area contributed by atoms with Crippen LogP contribution in [0, 0.1) is 0 Å². The van der Waals surface area contributed by atoms with Crippen LogP contribution in [-0.4, -0.2) is 9.55 Å². The minimum Gasteiger partial charge on any atom is -0.296 e. The van der Waals surface area contributed by atoms with Crippen molar-refractivity contribution in [2.45, 2.75) is 13.3 Å². The van der Waals surface area contributed by atoms with E-state index in [0.717, 1.165) is 33.7 Å². The van der Waals surface area contributed by atoms with Gasteiger partial charge in [0.15, 0.2) is 0 Å². The fraction of sp³-hybridized carbons (Fsp3) is 0.0488. The summed E-state index contributed by atoms with van der Waals surface area (Å²) in [6, 6.07) is 29.7. The molecule has 8 rings (SSSR count). The van der Waals surface area contributed by atoms with Gasteiger partial charge in [-0.1, -0.05) is 128 Å². The van der Waals surface area contributed by atoms with Crippen LogP contribution >= 0.6 is 0 Å². The van der Waals surface area contributed by atoms with Crippen molar-refractivity contribution in [3.05, 3.63) is 157 Å². The lowest BCUT2D eigenvalue weighted by molar-refractivity contribution is 0.908. The number of nitrogens with zero attached hydrogens (tertiary/aromatic N) is 2. The number of hydrogen-bond acceptors (Lipinski definition) is 1. The van der Waals surface area contributed by atoms with Gasteiger partial charge in [-0.25, -0.2) is 4.98 Å². The molecule has 0 radical (unpaired) electrons. The number of aromatic nitrogens is 2. The van der Waals surface area contributed by atoms with E-state index in [1.807, 2.05) is 110 Å². The van der Waals surface area contributed by atoms with Crippen LogP contribution in [0.1, 0.15) is 23.7 Å². The zero-order valence-corrected chi connectivity index (χ0v) is 23.4. The van der Waals surface area contributed by atoms with Gasteiger partial charge in [-0.15, -0.1) is 0 Å². The summed E-state index contributed by atoms with van der Waals surface area (Å²) in [6.07, 6.45) is 0.655. The van der Waals surface area contributed by atoms with Crippen LogP contribution in [0.15, 0.2) is 151 Å². The Labute approximate surface area is 262 Å². The summed E-state index contributed by atoms with van der Waals surface area (Å²) in [5.74, 6) is 0.834. The highest BCUT2D eigenvalue weighted by Crippen LogP contribution is 2.44. The molecule has 8 aromatic rings.